The molecule has 7 heteroatoms. The Morgan fingerprint density at radius 2 is 1.46 bits per heavy atom. The van der Waals surface area contributed by atoms with Crippen LogP contribution in [0.25, 0.3) is 72.6 Å². The van der Waals surface area contributed by atoms with Crippen LogP contribution in [0.3, 0.4) is 0 Å². The molecule has 0 aliphatic rings. The van der Waals surface area contributed by atoms with Gasteiger partial charge < -0.3 is 8.98 Å². The number of benzene rings is 5. The van der Waals surface area contributed by atoms with Crippen LogP contribution in [0.15, 0.2) is 132 Å². The van der Waals surface area contributed by atoms with Crippen LogP contribution in [0.2, 0.25) is 17.3 Å². The second-order valence-corrected chi connectivity index (χ2v) is 27.9. The van der Waals surface area contributed by atoms with Gasteiger partial charge in [-0.2, -0.15) is 0 Å². The standard InChI is InChI=1S/C36H30N3O.C18H24GeN.Ir/c1-22(2)29-20-25(24-12-6-5-7-13-24)21-30(23(3)4)33(29)39-32-18-9-8-17-31(32)38-35(39)28-15-10-14-26-27-16-11-19-37-36(27)40-34(26)28;1-13(2)16-11-18(15-9-7-14(3)8-10-15)20-12-17(16)19(4,5)6;/h5-14,16-23H,1-4H3;7-9,11-13H,1-6H3;/q2*-1;/i;3D3,13D;. The van der Waals surface area contributed by atoms with Gasteiger partial charge in [-0.05, 0) is 70.5 Å². The van der Waals surface area contributed by atoms with Crippen LogP contribution in [0.1, 0.15) is 87.0 Å². The zero-order valence-corrected chi connectivity index (χ0v) is 40.8. The van der Waals surface area contributed by atoms with Crippen molar-refractivity contribution in [3.05, 3.63) is 162 Å². The van der Waals surface area contributed by atoms with Crippen LogP contribution in [0.4, 0.5) is 0 Å². The van der Waals surface area contributed by atoms with Crippen molar-refractivity contribution >= 4 is 50.8 Å². The van der Waals surface area contributed by atoms with Crippen LogP contribution < -0.4 is 4.40 Å². The van der Waals surface area contributed by atoms with Crippen LogP contribution in [0, 0.1) is 19.0 Å². The fourth-order valence-electron chi connectivity index (χ4n) is 7.98. The molecule has 0 amide bonds. The van der Waals surface area contributed by atoms with E-state index in [9.17, 15) is 0 Å². The summed E-state index contributed by atoms with van der Waals surface area (Å²) in [7, 11) is 0. The maximum Gasteiger partial charge on any atom is 0 e. The molecular weight excluding hydrogens is 985 g/mol. The summed E-state index contributed by atoms with van der Waals surface area (Å²) in [5.41, 5.74) is 13.2. The number of rotatable bonds is 8. The normalized spacial score (nSPS) is 13.1. The number of aryl methyl sites for hydroxylation is 1. The van der Waals surface area contributed by atoms with Gasteiger partial charge in [-0.15, -0.1) is 18.2 Å². The summed E-state index contributed by atoms with van der Waals surface area (Å²) < 4.78 is 40.7. The van der Waals surface area contributed by atoms with Crippen molar-refractivity contribution in [3.63, 3.8) is 0 Å². The van der Waals surface area contributed by atoms with Crippen molar-refractivity contribution in [1.82, 2.24) is 19.5 Å². The van der Waals surface area contributed by atoms with E-state index >= 15 is 0 Å². The number of fused-ring (bicyclic) bond motifs is 4. The van der Waals surface area contributed by atoms with E-state index in [1.807, 2.05) is 50.4 Å². The monoisotopic (exact) mass is 1050 g/mol. The van der Waals surface area contributed by atoms with Crippen LogP contribution in [-0.2, 0) is 20.1 Å². The number of hydrogen-bond acceptors (Lipinski definition) is 4. The van der Waals surface area contributed by atoms with Gasteiger partial charge in [0.25, 0.3) is 0 Å². The third-order valence-corrected chi connectivity index (χ3v) is 15.3. The van der Waals surface area contributed by atoms with Gasteiger partial charge in [0.15, 0.2) is 0 Å². The quantitative estimate of drug-likeness (QED) is 0.112. The Morgan fingerprint density at radius 1 is 0.738 bits per heavy atom. The van der Waals surface area contributed by atoms with Gasteiger partial charge in [0.05, 0.1) is 22.4 Å². The Kier molecular flexibility index (Phi) is 11.5. The number of hydrogen-bond donors (Lipinski definition) is 0. The first kappa shape index (κ1) is 38.8. The molecule has 0 saturated carbocycles. The number of para-hydroxylation sites is 2. The number of furan rings is 1. The molecule has 0 aliphatic carbocycles. The van der Waals surface area contributed by atoms with Crippen molar-refractivity contribution in [2.75, 3.05) is 0 Å². The second-order valence-electron chi connectivity index (χ2n) is 17.3. The molecule has 0 N–H and O–H groups in total. The van der Waals surface area contributed by atoms with E-state index in [1.54, 1.807) is 18.3 Å². The van der Waals surface area contributed by atoms with Gasteiger partial charge in [0, 0.05) is 37.4 Å². The summed E-state index contributed by atoms with van der Waals surface area (Å²) in [5.74, 6) is 7.59. The van der Waals surface area contributed by atoms with Crippen molar-refractivity contribution in [2.45, 2.75) is 83.4 Å². The molecule has 0 bridgehead atoms. The fourth-order valence-corrected chi connectivity index (χ4v) is 11.3. The first-order chi connectivity index (χ1) is 30.3. The predicted octanol–water partition coefficient (Wildman–Crippen LogP) is 14.2. The molecule has 0 fully saturated rings. The number of nitrogens with zero attached hydrogens (tertiary/aromatic N) is 4. The van der Waals surface area contributed by atoms with E-state index in [0.717, 1.165) is 55.6 Å². The number of pyridine rings is 2. The van der Waals surface area contributed by atoms with Gasteiger partial charge in [0.1, 0.15) is 0 Å². The maximum absolute atomic E-state index is 8.49. The zero-order chi connectivity index (χ0) is 45.7. The Hall–Kier alpha value is -5.14. The topological polar surface area (TPSA) is 56.7 Å². The molecular formula is C54H54GeIrN4O-2. The van der Waals surface area contributed by atoms with Crippen molar-refractivity contribution < 1.29 is 30.0 Å². The summed E-state index contributed by atoms with van der Waals surface area (Å²) in [6.45, 7) is 10.8. The summed E-state index contributed by atoms with van der Waals surface area (Å²) in [6, 6.07) is 45.1. The molecule has 5 nitrogen and oxygen atoms in total. The van der Waals surface area contributed by atoms with E-state index in [4.69, 9.17) is 14.9 Å². The third-order valence-electron chi connectivity index (χ3n) is 11.1. The van der Waals surface area contributed by atoms with E-state index in [-0.39, 0.29) is 25.7 Å². The fraction of sp³-hybridized carbons (Fsp3) is 0.241. The molecule has 9 aromatic rings. The summed E-state index contributed by atoms with van der Waals surface area (Å²) in [4.78, 5) is 14.3. The number of imidazole rings is 1. The van der Waals surface area contributed by atoms with E-state index in [1.165, 1.54) is 38.4 Å². The molecule has 9 rings (SSSR count). The molecule has 0 atom stereocenters. The summed E-state index contributed by atoms with van der Waals surface area (Å²) in [6.07, 6.45) is 3.67. The van der Waals surface area contributed by atoms with Crippen molar-refractivity contribution in [2.24, 2.45) is 0 Å². The Bertz CT molecular complexity index is 3100. The van der Waals surface area contributed by atoms with Crippen LogP contribution >= 0.6 is 0 Å². The molecule has 5 aromatic carbocycles. The summed E-state index contributed by atoms with van der Waals surface area (Å²) in [5, 5.41) is 2.01. The average Bonchev–Trinajstić information content (AvgIpc) is 3.84. The molecule has 4 aromatic heterocycles. The number of aromatic nitrogens is 4. The van der Waals surface area contributed by atoms with E-state index in [0.29, 0.717) is 17.5 Å². The largest absolute Gasteiger partial charge is 0 e. The second kappa shape index (κ2) is 18.1. The Morgan fingerprint density at radius 3 is 2.11 bits per heavy atom. The van der Waals surface area contributed by atoms with Gasteiger partial charge in [-0.3, -0.25) is 4.98 Å². The molecule has 0 saturated heterocycles. The average molecular weight is 1040 g/mol. The van der Waals surface area contributed by atoms with Gasteiger partial charge >= 0.3 is 131 Å². The summed E-state index contributed by atoms with van der Waals surface area (Å²) >= 11 is -2.14. The molecule has 4 heterocycles. The van der Waals surface area contributed by atoms with Crippen LogP contribution in [-0.4, -0.2) is 32.8 Å². The van der Waals surface area contributed by atoms with Gasteiger partial charge in [-0.25, -0.2) is 4.98 Å². The zero-order valence-electron chi connectivity index (χ0n) is 40.3. The molecule has 61 heavy (non-hydrogen) atoms. The molecule has 0 unspecified atom stereocenters. The molecule has 311 valence electrons. The van der Waals surface area contributed by atoms with Gasteiger partial charge in [0.2, 0.25) is 5.71 Å². The first-order valence-electron chi connectivity index (χ1n) is 22.7. The molecule has 0 aliphatic heterocycles. The minimum atomic E-state index is -2.14. The smallest absolute Gasteiger partial charge is 0 e. The van der Waals surface area contributed by atoms with Crippen molar-refractivity contribution in [1.29, 1.82) is 0 Å². The SMILES string of the molecule is CC(C)c1cc(-c2ccccc2)cc(C(C)C)c1-n1c(-c2[c-]ccc3c2oc2ncccc23)nc2ccccc21.[2H]C([2H])([2H])c1c[c-]c(-c2cc(C([2H])(C)C)[c]([Ge]([CH3])([CH3])[CH3])cn2)cc1.[Ir]. The van der Waals surface area contributed by atoms with Gasteiger partial charge in [-0.1, -0.05) is 81.1 Å². The third kappa shape index (κ3) is 8.82. The molecule has 0 spiro atoms. The van der Waals surface area contributed by atoms with Crippen LogP contribution in [0.5, 0.6) is 0 Å². The van der Waals surface area contributed by atoms with E-state index < -0.39 is 26.0 Å². The Balaban J connectivity index is 0.000000217. The minimum absolute atomic E-state index is 0. The maximum atomic E-state index is 8.49. The van der Waals surface area contributed by atoms with E-state index in [2.05, 4.69) is 138 Å². The predicted molar refractivity (Wildman–Crippen MR) is 254 cm³/mol. The van der Waals surface area contributed by atoms with Crippen molar-refractivity contribution in [3.8, 4) is 39.5 Å². The Labute approximate surface area is 383 Å². The minimum Gasteiger partial charge on any atom is 0 e. The molecule has 1 radical (unpaired) electrons. The first-order valence-corrected chi connectivity index (χ1v) is 28.1.